The van der Waals surface area contributed by atoms with Crippen LogP contribution >= 0.6 is 0 Å². The lowest BCUT2D eigenvalue weighted by Gasteiger charge is -2.32. The van der Waals surface area contributed by atoms with Crippen molar-refractivity contribution in [2.75, 3.05) is 99.4 Å². The Labute approximate surface area is 175 Å². The van der Waals surface area contributed by atoms with Crippen molar-refractivity contribution in [3.05, 3.63) is 0 Å². The molecule has 1 amide bonds. The molecule has 0 radical (unpaired) electrons. The molecule has 0 bridgehead atoms. The molecule has 3 rings (SSSR count). The molecule has 0 aliphatic carbocycles. The number of guanidine groups is 1. The molecular weight excluding hydrogens is 372 g/mol. The molecule has 3 heterocycles. The lowest BCUT2D eigenvalue weighted by Crippen LogP contribution is -2.47. The third-order valence-corrected chi connectivity index (χ3v) is 5.93. The Hall–Kier alpha value is -1.42. The van der Waals surface area contributed by atoms with Crippen LogP contribution in [0.4, 0.5) is 0 Å². The summed E-state index contributed by atoms with van der Waals surface area (Å²) in [5, 5.41) is 3.52. The number of hydrogen-bond acceptors (Lipinski definition) is 6. The van der Waals surface area contributed by atoms with Crippen LogP contribution in [0, 0.1) is 0 Å². The summed E-state index contributed by atoms with van der Waals surface area (Å²) in [5.74, 6) is 0.902. The number of carbonyl (C=O) groups is 1. The van der Waals surface area contributed by atoms with Crippen LogP contribution in [0.3, 0.4) is 0 Å². The molecule has 29 heavy (non-hydrogen) atoms. The van der Waals surface area contributed by atoms with Gasteiger partial charge in [-0.2, -0.15) is 0 Å². The minimum absolute atomic E-state index is 0.0292. The molecule has 1 atom stereocenters. The molecule has 166 valence electrons. The zero-order valence-electron chi connectivity index (χ0n) is 18.1. The first-order valence-electron chi connectivity index (χ1n) is 11.0. The van der Waals surface area contributed by atoms with Crippen LogP contribution in [0.15, 0.2) is 4.99 Å². The van der Waals surface area contributed by atoms with E-state index in [1.807, 2.05) is 0 Å². The maximum atomic E-state index is 12.0. The van der Waals surface area contributed by atoms with Gasteiger partial charge < -0.3 is 24.6 Å². The van der Waals surface area contributed by atoms with E-state index in [0.717, 1.165) is 97.6 Å². The van der Waals surface area contributed by atoms with Gasteiger partial charge in [0.15, 0.2) is 5.96 Å². The number of likely N-dealkylation sites (tertiary alicyclic amines) is 1. The number of rotatable bonds is 7. The third-order valence-electron chi connectivity index (χ3n) is 5.93. The normalized spacial score (nSPS) is 24.7. The minimum atomic E-state index is 0.0292. The molecule has 3 aliphatic heterocycles. The van der Waals surface area contributed by atoms with Crippen LogP contribution in [-0.2, 0) is 14.3 Å². The average molecular weight is 411 g/mol. The Morgan fingerprint density at radius 1 is 1.07 bits per heavy atom. The van der Waals surface area contributed by atoms with Crippen LogP contribution < -0.4 is 5.32 Å². The highest BCUT2D eigenvalue weighted by Gasteiger charge is 2.30. The fourth-order valence-electron chi connectivity index (χ4n) is 4.05. The fourth-order valence-corrected chi connectivity index (χ4v) is 4.05. The fraction of sp³-hybridized carbons (Fsp3) is 0.900. The molecule has 3 fully saturated rings. The highest BCUT2D eigenvalue weighted by molar-refractivity contribution is 5.85. The van der Waals surface area contributed by atoms with Crippen molar-refractivity contribution in [2.45, 2.75) is 18.9 Å². The SMILES string of the molecule is CN(C)C(=O)CN=C(NCCCN1CCOCC1)N1CCC(N2CCOCC2)C1. The van der Waals surface area contributed by atoms with Gasteiger partial charge in [-0.3, -0.25) is 14.6 Å². The summed E-state index contributed by atoms with van der Waals surface area (Å²) in [4.78, 5) is 25.6. The first-order valence-corrected chi connectivity index (χ1v) is 11.0. The smallest absolute Gasteiger partial charge is 0.243 e. The standard InChI is InChI=1S/C20H38N6O3/c1-23(2)19(27)16-22-20(21-5-3-6-24-8-12-28-13-9-24)26-7-4-18(17-26)25-10-14-29-15-11-25/h18H,3-17H2,1-2H3,(H,21,22). The first kappa shape index (κ1) is 22.3. The number of amides is 1. The summed E-state index contributed by atoms with van der Waals surface area (Å²) < 4.78 is 10.9. The molecule has 3 saturated heterocycles. The van der Waals surface area contributed by atoms with Crippen molar-refractivity contribution in [2.24, 2.45) is 4.99 Å². The van der Waals surface area contributed by atoms with Gasteiger partial charge in [-0.15, -0.1) is 0 Å². The minimum Gasteiger partial charge on any atom is -0.379 e. The van der Waals surface area contributed by atoms with Crippen molar-refractivity contribution in [3.63, 3.8) is 0 Å². The third kappa shape index (κ3) is 7.09. The van der Waals surface area contributed by atoms with E-state index in [1.54, 1.807) is 19.0 Å². The highest BCUT2D eigenvalue weighted by Crippen LogP contribution is 2.17. The van der Waals surface area contributed by atoms with Crippen molar-refractivity contribution in [1.82, 2.24) is 24.9 Å². The Kier molecular flexibility index (Phi) is 8.97. The second-order valence-corrected chi connectivity index (χ2v) is 8.20. The summed E-state index contributed by atoms with van der Waals surface area (Å²) in [7, 11) is 3.55. The number of morpholine rings is 2. The van der Waals surface area contributed by atoms with E-state index in [4.69, 9.17) is 9.47 Å². The summed E-state index contributed by atoms with van der Waals surface area (Å²) >= 11 is 0. The summed E-state index contributed by atoms with van der Waals surface area (Å²) in [6, 6.07) is 0.545. The number of aliphatic imine (C=N–C) groups is 1. The van der Waals surface area contributed by atoms with E-state index in [1.165, 1.54) is 0 Å². The molecular formula is C20H38N6O3. The van der Waals surface area contributed by atoms with Crippen LogP contribution in [0.5, 0.6) is 0 Å². The van der Waals surface area contributed by atoms with Crippen molar-refractivity contribution in [1.29, 1.82) is 0 Å². The molecule has 1 N–H and O–H groups in total. The lowest BCUT2D eigenvalue weighted by molar-refractivity contribution is -0.127. The predicted molar refractivity (Wildman–Crippen MR) is 113 cm³/mol. The zero-order chi connectivity index (χ0) is 20.5. The van der Waals surface area contributed by atoms with Crippen LogP contribution in [0.2, 0.25) is 0 Å². The van der Waals surface area contributed by atoms with E-state index in [0.29, 0.717) is 6.04 Å². The molecule has 0 aromatic heterocycles. The second-order valence-electron chi connectivity index (χ2n) is 8.20. The van der Waals surface area contributed by atoms with Gasteiger partial charge in [-0.1, -0.05) is 0 Å². The van der Waals surface area contributed by atoms with Crippen molar-refractivity contribution in [3.8, 4) is 0 Å². The monoisotopic (exact) mass is 410 g/mol. The quantitative estimate of drug-likeness (QED) is 0.333. The number of nitrogens with zero attached hydrogens (tertiary/aromatic N) is 5. The summed E-state index contributed by atoms with van der Waals surface area (Å²) in [6.45, 7) is 11.5. The molecule has 0 aromatic rings. The van der Waals surface area contributed by atoms with Gasteiger partial charge in [0.05, 0.1) is 26.4 Å². The number of hydrogen-bond donors (Lipinski definition) is 1. The van der Waals surface area contributed by atoms with Gasteiger partial charge in [-0.25, -0.2) is 4.99 Å². The Morgan fingerprint density at radius 3 is 2.45 bits per heavy atom. The van der Waals surface area contributed by atoms with Gasteiger partial charge in [0, 0.05) is 66.0 Å². The van der Waals surface area contributed by atoms with E-state index < -0.39 is 0 Å². The zero-order valence-corrected chi connectivity index (χ0v) is 18.1. The Morgan fingerprint density at radius 2 is 1.76 bits per heavy atom. The Bertz CT molecular complexity index is 532. The second kappa shape index (κ2) is 11.7. The van der Waals surface area contributed by atoms with Crippen LogP contribution in [0.25, 0.3) is 0 Å². The van der Waals surface area contributed by atoms with Crippen LogP contribution in [0.1, 0.15) is 12.8 Å². The predicted octanol–water partition coefficient (Wildman–Crippen LogP) is -0.851. The number of nitrogens with one attached hydrogen (secondary N) is 1. The van der Waals surface area contributed by atoms with Gasteiger partial charge >= 0.3 is 0 Å². The number of ether oxygens (including phenoxy) is 2. The first-order chi connectivity index (χ1) is 14.1. The van der Waals surface area contributed by atoms with E-state index in [-0.39, 0.29) is 12.5 Å². The van der Waals surface area contributed by atoms with Gasteiger partial charge in [0.25, 0.3) is 0 Å². The van der Waals surface area contributed by atoms with Crippen molar-refractivity contribution < 1.29 is 14.3 Å². The largest absolute Gasteiger partial charge is 0.379 e. The van der Waals surface area contributed by atoms with Gasteiger partial charge in [0.1, 0.15) is 6.54 Å². The van der Waals surface area contributed by atoms with Gasteiger partial charge in [-0.05, 0) is 19.4 Å². The number of likely N-dealkylation sites (N-methyl/N-ethyl adjacent to an activating group) is 1. The number of carbonyl (C=O) groups excluding carboxylic acids is 1. The average Bonchev–Trinajstić information content (AvgIpc) is 3.24. The molecule has 1 unspecified atom stereocenters. The highest BCUT2D eigenvalue weighted by atomic mass is 16.5. The molecule has 9 nitrogen and oxygen atoms in total. The maximum absolute atomic E-state index is 12.0. The molecule has 9 heteroatoms. The van der Waals surface area contributed by atoms with Crippen molar-refractivity contribution >= 4 is 11.9 Å². The van der Waals surface area contributed by atoms with Gasteiger partial charge in [0.2, 0.25) is 5.91 Å². The molecule has 0 spiro atoms. The van der Waals surface area contributed by atoms with Crippen LogP contribution in [-0.4, -0.2) is 137 Å². The van der Waals surface area contributed by atoms with E-state index in [2.05, 4.69) is 25.0 Å². The van der Waals surface area contributed by atoms with E-state index in [9.17, 15) is 4.79 Å². The molecule has 0 aromatic carbocycles. The lowest BCUT2D eigenvalue weighted by atomic mass is 10.2. The topological polar surface area (TPSA) is 72.9 Å². The van der Waals surface area contributed by atoms with E-state index >= 15 is 0 Å². The maximum Gasteiger partial charge on any atom is 0.243 e. The summed E-state index contributed by atoms with van der Waals surface area (Å²) in [5.41, 5.74) is 0. The molecule has 0 saturated carbocycles. The Balaban J connectivity index is 1.50. The summed E-state index contributed by atoms with van der Waals surface area (Å²) in [6.07, 6.45) is 2.19. The molecule has 3 aliphatic rings.